The maximum Gasteiger partial charge on any atom is 0.449 e. The smallest absolute Gasteiger partial charge is 0.325 e. The second-order valence-corrected chi connectivity index (χ2v) is 5.69. The van der Waals surface area contributed by atoms with E-state index in [1.54, 1.807) is 30.3 Å². The number of nitrogens with zero attached hydrogens (tertiary/aromatic N) is 2. The van der Waals surface area contributed by atoms with Crippen LogP contribution >= 0.6 is 0 Å². The molecule has 134 valence electrons. The van der Waals surface area contributed by atoms with Crippen LogP contribution in [0.1, 0.15) is 23.1 Å². The van der Waals surface area contributed by atoms with Gasteiger partial charge in [0.25, 0.3) is 0 Å². The molecule has 5 nitrogen and oxygen atoms in total. The number of aromatic nitrogens is 2. The summed E-state index contributed by atoms with van der Waals surface area (Å²) < 4.78 is 40.6. The highest BCUT2D eigenvalue weighted by Crippen LogP contribution is 2.31. The van der Waals surface area contributed by atoms with E-state index in [0.717, 1.165) is 4.57 Å². The van der Waals surface area contributed by atoms with Crippen molar-refractivity contribution < 1.29 is 22.8 Å². The first-order chi connectivity index (χ1) is 12.3. The SMILES string of the molecule is CC(=O)c1cccc(NC(=O)Cn2c(C(F)(F)F)nc3ccccc32)c1. The number of alkyl halides is 3. The van der Waals surface area contributed by atoms with Crippen molar-refractivity contribution in [1.29, 1.82) is 0 Å². The van der Waals surface area contributed by atoms with Gasteiger partial charge in [0.2, 0.25) is 11.7 Å². The zero-order valence-corrected chi connectivity index (χ0v) is 13.7. The molecule has 0 unspecified atom stereocenters. The van der Waals surface area contributed by atoms with Gasteiger partial charge in [-0.2, -0.15) is 13.2 Å². The minimum Gasteiger partial charge on any atom is -0.325 e. The predicted octanol–water partition coefficient (Wildman–Crippen LogP) is 3.90. The van der Waals surface area contributed by atoms with Crippen LogP contribution in [0.4, 0.5) is 18.9 Å². The maximum atomic E-state index is 13.3. The molecule has 3 aromatic rings. The molecule has 3 rings (SSSR count). The Morgan fingerprint density at radius 3 is 2.54 bits per heavy atom. The maximum absolute atomic E-state index is 13.3. The lowest BCUT2D eigenvalue weighted by molar-refractivity contribution is -0.147. The Labute approximate surface area is 146 Å². The Kier molecular flexibility index (Phi) is 4.50. The second-order valence-electron chi connectivity index (χ2n) is 5.69. The highest BCUT2D eigenvalue weighted by Gasteiger charge is 2.37. The van der Waals surface area contributed by atoms with Crippen LogP contribution < -0.4 is 5.32 Å². The Balaban J connectivity index is 1.90. The van der Waals surface area contributed by atoms with E-state index in [0.29, 0.717) is 11.3 Å². The molecule has 26 heavy (non-hydrogen) atoms. The van der Waals surface area contributed by atoms with Gasteiger partial charge >= 0.3 is 6.18 Å². The Hall–Kier alpha value is -3.16. The quantitative estimate of drug-likeness (QED) is 0.717. The number of carbonyl (C=O) groups is 2. The number of ketones is 1. The Bertz CT molecular complexity index is 993. The molecule has 8 heteroatoms. The second kappa shape index (κ2) is 6.62. The Morgan fingerprint density at radius 2 is 1.85 bits per heavy atom. The van der Waals surface area contributed by atoms with Crippen molar-refractivity contribution in [3.05, 3.63) is 59.9 Å². The predicted molar refractivity (Wildman–Crippen MR) is 89.8 cm³/mol. The van der Waals surface area contributed by atoms with E-state index in [-0.39, 0.29) is 16.8 Å². The zero-order valence-electron chi connectivity index (χ0n) is 13.7. The number of amides is 1. The van der Waals surface area contributed by atoms with Crippen molar-refractivity contribution in [1.82, 2.24) is 9.55 Å². The molecule has 0 aliphatic heterocycles. The lowest BCUT2D eigenvalue weighted by atomic mass is 10.1. The van der Waals surface area contributed by atoms with Crippen molar-refractivity contribution >= 4 is 28.4 Å². The number of halogens is 3. The third-order valence-electron chi connectivity index (χ3n) is 3.76. The van der Waals surface area contributed by atoms with Crippen LogP contribution in [0, 0.1) is 0 Å². The summed E-state index contributed by atoms with van der Waals surface area (Å²) in [7, 11) is 0. The van der Waals surface area contributed by atoms with Gasteiger partial charge in [0.15, 0.2) is 5.78 Å². The van der Waals surface area contributed by atoms with Crippen molar-refractivity contribution in [3.8, 4) is 0 Å². The van der Waals surface area contributed by atoms with E-state index in [1.807, 2.05) is 0 Å². The summed E-state index contributed by atoms with van der Waals surface area (Å²) in [6.45, 7) is 0.827. The molecule has 2 aromatic carbocycles. The van der Waals surface area contributed by atoms with Gasteiger partial charge in [-0.1, -0.05) is 24.3 Å². The summed E-state index contributed by atoms with van der Waals surface area (Å²) in [5, 5.41) is 2.51. The van der Waals surface area contributed by atoms with Gasteiger partial charge in [0.05, 0.1) is 11.0 Å². The average Bonchev–Trinajstić information content (AvgIpc) is 2.94. The van der Waals surface area contributed by atoms with Gasteiger partial charge in [-0.3, -0.25) is 9.59 Å². The average molecular weight is 361 g/mol. The van der Waals surface area contributed by atoms with Crippen molar-refractivity contribution in [2.24, 2.45) is 0 Å². The zero-order chi connectivity index (χ0) is 18.9. The molecule has 1 aromatic heterocycles. The number of fused-ring (bicyclic) bond motifs is 1. The molecular formula is C18H14F3N3O2. The molecule has 1 amide bonds. The summed E-state index contributed by atoms with van der Waals surface area (Å²) >= 11 is 0. The fourth-order valence-corrected chi connectivity index (χ4v) is 2.61. The number of Topliss-reactive ketones (excluding diaryl/α,β-unsaturated/α-hetero) is 1. The number of nitrogens with one attached hydrogen (secondary N) is 1. The monoisotopic (exact) mass is 361 g/mol. The molecule has 0 bridgehead atoms. The van der Waals surface area contributed by atoms with E-state index in [1.165, 1.54) is 25.1 Å². The molecule has 0 saturated carbocycles. The van der Waals surface area contributed by atoms with Crippen LogP contribution in [-0.4, -0.2) is 21.2 Å². The lowest BCUT2D eigenvalue weighted by Crippen LogP contribution is -2.23. The molecule has 0 spiro atoms. The van der Waals surface area contributed by atoms with Crippen LogP contribution in [-0.2, 0) is 17.5 Å². The van der Waals surface area contributed by atoms with E-state index in [4.69, 9.17) is 0 Å². The first-order valence-electron chi connectivity index (χ1n) is 7.69. The largest absolute Gasteiger partial charge is 0.449 e. The molecule has 0 aliphatic rings. The van der Waals surface area contributed by atoms with Gasteiger partial charge in [0.1, 0.15) is 6.54 Å². The van der Waals surface area contributed by atoms with E-state index >= 15 is 0 Å². The topological polar surface area (TPSA) is 64.0 Å². The van der Waals surface area contributed by atoms with Crippen LogP contribution in [0.25, 0.3) is 11.0 Å². The normalized spacial score (nSPS) is 11.5. The fraction of sp³-hybridized carbons (Fsp3) is 0.167. The van der Waals surface area contributed by atoms with Crippen LogP contribution in [0.15, 0.2) is 48.5 Å². The number of carbonyl (C=O) groups excluding carboxylic acids is 2. The summed E-state index contributed by atoms with van der Waals surface area (Å²) in [5.74, 6) is -1.97. The minimum absolute atomic E-state index is 0.159. The van der Waals surface area contributed by atoms with E-state index < -0.39 is 24.5 Å². The number of benzene rings is 2. The van der Waals surface area contributed by atoms with E-state index in [2.05, 4.69) is 10.3 Å². The molecule has 0 fully saturated rings. The lowest BCUT2D eigenvalue weighted by Gasteiger charge is -2.12. The molecule has 0 radical (unpaired) electrons. The molecule has 1 N–H and O–H groups in total. The molecule has 0 atom stereocenters. The number of anilines is 1. The van der Waals surface area contributed by atoms with Crippen LogP contribution in [0.3, 0.4) is 0 Å². The number of hydrogen-bond donors (Lipinski definition) is 1. The third-order valence-corrected chi connectivity index (χ3v) is 3.76. The number of hydrogen-bond acceptors (Lipinski definition) is 3. The fourth-order valence-electron chi connectivity index (χ4n) is 2.61. The highest BCUT2D eigenvalue weighted by molar-refractivity contribution is 5.97. The standard InChI is InChI=1S/C18H14F3N3O2/c1-11(25)12-5-4-6-13(9-12)22-16(26)10-24-15-8-3-2-7-14(15)23-17(24)18(19,20)21/h2-9H,10H2,1H3,(H,22,26). The van der Waals surface area contributed by atoms with Crippen LogP contribution in [0.2, 0.25) is 0 Å². The van der Waals surface area contributed by atoms with Crippen LogP contribution in [0.5, 0.6) is 0 Å². The molecule has 0 saturated heterocycles. The van der Waals surface area contributed by atoms with Crippen molar-refractivity contribution in [3.63, 3.8) is 0 Å². The van der Waals surface area contributed by atoms with Gasteiger partial charge in [-0.15, -0.1) is 0 Å². The summed E-state index contributed by atoms with van der Waals surface area (Å²) in [5.41, 5.74) is 1.10. The molecular weight excluding hydrogens is 347 g/mol. The summed E-state index contributed by atoms with van der Waals surface area (Å²) in [6.07, 6.45) is -4.69. The number of imidazole rings is 1. The highest BCUT2D eigenvalue weighted by atomic mass is 19.4. The summed E-state index contributed by atoms with van der Waals surface area (Å²) in [6, 6.07) is 12.3. The van der Waals surface area contributed by atoms with Crippen molar-refractivity contribution in [2.45, 2.75) is 19.6 Å². The van der Waals surface area contributed by atoms with Crippen molar-refractivity contribution in [2.75, 3.05) is 5.32 Å². The van der Waals surface area contributed by atoms with Gasteiger partial charge in [-0.05, 0) is 31.2 Å². The molecule has 1 heterocycles. The third kappa shape index (κ3) is 3.58. The van der Waals surface area contributed by atoms with Gasteiger partial charge < -0.3 is 9.88 Å². The number of rotatable bonds is 4. The first-order valence-corrected chi connectivity index (χ1v) is 7.69. The summed E-state index contributed by atoms with van der Waals surface area (Å²) in [4.78, 5) is 27.3. The van der Waals surface area contributed by atoms with Gasteiger partial charge in [-0.25, -0.2) is 4.98 Å². The Morgan fingerprint density at radius 1 is 1.12 bits per heavy atom. The number of para-hydroxylation sites is 2. The van der Waals surface area contributed by atoms with E-state index in [9.17, 15) is 22.8 Å². The van der Waals surface area contributed by atoms with Gasteiger partial charge in [0, 0.05) is 11.3 Å². The minimum atomic E-state index is -4.69. The molecule has 0 aliphatic carbocycles. The first kappa shape index (κ1) is 17.7.